The molecule has 80 valence electrons. The molecule has 1 aliphatic rings. The summed E-state index contributed by atoms with van der Waals surface area (Å²) in [5.74, 6) is -0.102. The smallest absolute Gasteiger partial charge is 0.225 e. The van der Waals surface area contributed by atoms with Crippen LogP contribution in [0.3, 0.4) is 0 Å². The number of nitriles is 1. The molecule has 0 bridgehead atoms. The van der Waals surface area contributed by atoms with Gasteiger partial charge in [-0.2, -0.15) is 5.26 Å². The number of allylic oxidation sites excluding steroid dienone is 1. The van der Waals surface area contributed by atoms with Gasteiger partial charge >= 0.3 is 0 Å². The number of rotatable bonds is 0. The molecule has 16 heavy (non-hydrogen) atoms. The molecule has 0 radical (unpaired) electrons. The summed E-state index contributed by atoms with van der Waals surface area (Å²) in [4.78, 5) is 13.1. The zero-order valence-electron chi connectivity index (χ0n) is 9.27. The summed E-state index contributed by atoms with van der Waals surface area (Å²) in [7, 11) is 0. The van der Waals surface area contributed by atoms with Crippen LogP contribution < -0.4 is 0 Å². The largest absolute Gasteiger partial charge is 0.296 e. The molecule has 0 fully saturated rings. The van der Waals surface area contributed by atoms with Gasteiger partial charge < -0.3 is 0 Å². The van der Waals surface area contributed by atoms with Crippen molar-refractivity contribution in [3.8, 4) is 6.07 Å². The lowest BCUT2D eigenvalue weighted by atomic mass is 9.95. The second-order valence-corrected chi connectivity index (χ2v) is 3.84. The molecule has 1 amide bonds. The predicted octanol–water partition coefficient (Wildman–Crippen LogP) is 2.47. The normalized spacial score (nSPS) is 18.4. The number of carbonyl (C=O) groups excluding carboxylic acids is 1. The lowest BCUT2D eigenvalue weighted by Gasteiger charge is -2.31. The first kappa shape index (κ1) is 10.4. The van der Waals surface area contributed by atoms with Crippen molar-refractivity contribution < 1.29 is 4.79 Å². The van der Waals surface area contributed by atoms with Gasteiger partial charge in [-0.15, -0.1) is 0 Å². The van der Waals surface area contributed by atoms with E-state index in [0.29, 0.717) is 0 Å². The monoisotopic (exact) mass is 212 g/mol. The molecule has 0 spiro atoms. The average Bonchev–Trinajstić information content (AvgIpc) is 2.26. The Morgan fingerprint density at radius 2 is 2.12 bits per heavy atom. The Labute approximate surface area is 94.6 Å². The Morgan fingerprint density at radius 3 is 2.75 bits per heavy atom. The van der Waals surface area contributed by atoms with Crippen LogP contribution in [0, 0.1) is 11.3 Å². The van der Waals surface area contributed by atoms with Gasteiger partial charge in [0.15, 0.2) is 0 Å². The molecule has 3 nitrogen and oxygen atoms in total. The van der Waals surface area contributed by atoms with Crippen LogP contribution in [0.25, 0.3) is 6.08 Å². The summed E-state index contributed by atoms with van der Waals surface area (Å²) in [5, 5.41) is 9.20. The number of fused-ring (bicyclic) bond motifs is 1. The molecule has 0 saturated carbocycles. The third-order valence-electron chi connectivity index (χ3n) is 2.75. The van der Waals surface area contributed by atoms with Crippen LogP contribution in [0.1, 0.15) is 31.0 Å². The van der Waals surface area contributed by atoms with Gasteiger partial charge in [0.1, 0.15) is 6.04 Å². The average molecular weight is 212 g/mol. The van der Waals surface area contributed by atoms with Crippen LogP contribution in [0.4, 0.5) is 0 Å². The first-order valence-corrected chi connectivity index (χ1v) is 5.12. The molecule has 0 N–H and O–H groups in total. The first-order valence-electron chi connectivity index (χ1n) is 5.12. The second kappa shape index (κ2) is 3.82. The molecule has 1 aromatic carbocycles. The minimum Gasteiger partial charge on any atom is -0.296 e. The molecule has 0 unspecified atom stereocenters. The van der Waals surface area contributed by atoms with Gasteiger partial charge in [-0.3, -0.25) is 9.69 Å². The fraction of sp³-hybridized carbons (Fsp3) is 0.231. The van der Waals surface area contributed by atoms with Crippen LogP contribution in [0.15, 0.2) is 30.0 Å². The maximum absolute atomic E-state index is 11.5. The summed E-state index contributed by atoms with van der Waals surface area (Å²) in [6.07, 6.45) is 1.94. The molecule has 0 aromatic heterocycles. The van der Waals surface area contributed by atoms with Crippen molar-refractivity contribution in [2.45, 2.75) is 19.9 Å². The van der Waals surface area contributed by atoms with Crippen molar-refractivity contribution in [2.24, 2.45) is 0 Å². The van der Waals surface area contributed by atoms with Gasteiger partial charge in [-0.05, 0) is 24.1 Å². The topological polar surface area (TPSA) is 44.1 Å². The number of carbonyl (C=O) groups is 1. The maximum Gasteiger partial charge on any atom is 0.225 e. The molecule has 1 aliphatic heterocycles. The standard InChI is InChI=1S/C13H12N2O/c1-9-7-11-5-3-4-6-12(11)13(8-14)15(9)10(2)16/h3-7,13H,1-2H3/t13-/m0/s1. The van der Waals surface area contributed by atoms with E-state index in [4.69, 9.17) is 0 Å². The van der Waals surface area contributed by atoms with Crippen LogP contribution >= 0.6 is 0 Å². The Bertz CT molecular complexity index is 511. The fourth-order valence-electron chi connectivity index (χ4n) is 2.09. The van der Waals surface area contributed by atoms with E-state index in [1.54, 1.807) is 0 Å². The summed E-state index contributed by atoms with van der Waals surface area (Å²) >= 11 is 0. The molecule has 1 heterocycles. The predicted molar refractivity (Wildman–Crippen MR) is 61.0 cm³/mol. The van der Waals surface area contributed by atoms with Gasteiger partial charge in [0, 0.05) is 12.6 Å². The number of benzene rings is 1. The van der Waals surface area contributed by atoms with Gasteiger partial charge in [0.05, 0.1) is 6.07 Å². The van der Waals surface area contributed by atoms with Crippen molar-refractivity contribution in [3.05, 3.63) is 41.1 Å². The third-order valence-corrected chi connectivity index (χ3v) is 2.75. The first-order chi connectivity index (χ1) is 7.65. The highest BCUT2D eigenvalue weighted by atomic mass is 16.2. The Kier molecular flexibility index (Phi) is 2.49. The number of hydrogen-bond acceptors (Lipinski definition) is 2. The molecule has 1 aromatic rings. The zero-order valence-corrected chi connectivity index (χ0v) is 9.27. The molecular weight excluding hydrogens is 200 g/mol. The zero-order chi connectivity index (χ0) is 11.7. The van der Waals surface area contributed by atoms with Crippen molar-refractivity contribution in [1.82, 2.24) is 4.90 Å². The van der Waals surface area contributed by atoms with Gasteiger partial charge in [-0.1, -0.05) is 24.3 Å². The molecule has 2 rings (SSSR count). The van der Waals surface area contributed by atoms with Crippen molar-refractivity contribution >= 4 is 12.0 Å². The Balaban J connectivity index is 2.60. The highest BCUT2D eigenvalue weighted by Gasteiger charge is 2.28. The number of hydrogen-bond donors (Lipinski definition) is 0. The Morgan fingerprint density at radius 1 is 1.44 bits per heavy atom. The quantitative estimate of drug-likeness (QED) is 0.663. The van der Waals surface area contributed by atoms with Crippen molar-refractivity contribution in [1.29, 1.82) is 5.26 Å². The van der Waals surface area contributed by atoms with E-state index >= 15 is 0 Å². The van der Waals surface area contributed by atoms with Crippen molar-refractivity contribution in [2.75, 3.05) is 0 Å². The minimum absolute atomic E-state index is 0.102. The van der Waals surface area contributed by atoms with E-state index in [0.717, 1.165) is 16.8 Å². The van der Waals surface area contributed by atoms with Gasteiger partial charge in [-0.25, -0.2) is 0 Å². The molecule has 0 saturated heterocycles. The fourth-order valence-corrected chi connectivity index (χ4v) is 2.09. The van der Waals surface area contributed by atoms with Crippen molar-refractivity contribution in [3.63, 3.8) is 0 Å². The van der Waals surface area contributed by atoms with Gasteiger partial charge in [0.25, 0.3) is 0 Å². The molecule has 1 atom stereocenters. The molecular formula is C13H12N2O. The summed E-state index contributed by atoms with van der Waals surface area (Å²) < 4.78 is 0. The highest BCUT2D eigenvalue weighted by molar-refractivity contribution is 5.80. The molecule has 3 heteroatoms. The SMILES string of the molecule is CC(=O)N1C(C)=Cc2ccccc2[C@@H]1C#N. The Hall–Kier alpha value is -2.08. The minimum atomic E-state index is -0.501. The summed E-state index contributed by atoms with van der Waals surface area (Å²) in [6.45, 7) is 3.33. The third kappa shape index (κ3) is 1.49. The lowest BCUT2D eigenvalue weighted by molar-refractivity contribution is -0.128. The number of nitrogens with zero attached hydrogens (tertiary/aromatic N) is 2. The molecule has 0 aliphatic carbocycles. The highest BCUT2D eigenvalue weighted by Crippen LogP contribution is 2.33. The maximum atomic E-state index is 11.5. The van der Waals surface area contributed by atoms with E-state index in [2.05, 4.69) is 6.07 Å². The van der Waals surface area contributed by atoms with Crippen LogP contribution in [-0.2, 0) is 4.79 Å². The second-order valence-electron chi connectivity index (χ2n) is 3.84. The summed E-state index contributed by atoms with van der Waals surface area (Å²) in [6, 6.07) is 9.35. The van der Waals surface area contributed by atoms with Gasteiger partial charge in [0.2, 0.25) is 5.91 Å². The number of amides is 1. The lowest BCUT2D eigenvalue weighted by Crippen LogP contribution is -2.33. The van der Waals surface area contributed by atoms with E-state index in [1.807, 2.05) is 37.3 Å². The van der Waals surface area contributed by atoms with E-state index in [1.165, 1.54) is 11.8 Å². The van der Waals surface area contributed by atoms with E-state index < -0.39 is 6.04 Å². The van der Waals surface area contributed by atoms with Crippen LogP contribution in [-0.4, -0.2) is 10.8 Å². The van der Waals surface area contributed by atoms with E-state index in [9.17, 15) is 10.1 Å². The van der Waals surface area contributed by atoms with Crippen LogP contribution in [0.5, 0.6) is 0 Å². The van der Waals surface area contributed by atoms with Crippen LogP contribution in [0.2, 0.25) is 0 Å². The summed E-state index contributed by atoms with van der Waals surface area (Å²) in [5.41, 5.74) is 2.73. The van der Waals surface area contributed by atoms with E-state index in [-0.39, 0.29) is 5.91 Å².